The number of hydrogen-bond acceptors (Lipinski definition) is 2. The van der Waals surface area contributed by atoms with Gasteiger partial charge in [-0.05, 0) is 26.8 Å². The summed E-state index contributed by atoms with van der Waals surface area (Å²) in [6, 6.07) is 0.657. The summed E-state index contributed by atoms with van der Waals surface area (Å²) in [4.78, 5) is 2.03. The molecule has 0 saturated heterocycles. The second kappa shape index (κ2) is 2.67. The summed E-state index contributed by atoms with van der Waals surface area (Å²) in [5, 5.41) is 9.08. The normalized spacial score (nSPS) is 24.0. The van der Waals surface area contributed by atoms with E-state index in [0.29, 0.717) is 6.04 Å². The van der Waals surface area contributed by atoms with Crippen LogP contribution >= 0.6 is 0 Å². The van der Waals surface area contributed by atoms with E-state index in [4.69, 9.17) is 5.11 Å². The SMILES string of the molecule is CC(O)N(C)C1CCC1. The van der Waals surface area contributed by atoms with Crippen LogP contribution in [0, 0.1) is 0 Å². The van der Waals surface area contributed by atoms with Crippen molar-refractivity contribution in [2.75, 3.05) is 7.05 Å². The average molecular weight is 129 g/mol. The van der Waals surface area contributed by atoms with Gasteiger partial charge in [-0.2, -0.15) is 0 Å². The van der Waals surface area contributed by atoms with E-state index in [9.17, 15) is 0 Å². The maximum atomic E-state index is 9.08. The van der Waals surface area contributed by atoms with Crippen LogP contribution in [0.1, 0.15) is 26.2 Å². The zero-order valence-corrected chi connectivity index (χ0v) is 6.17. The summed E-state index contributed by atoms with van der Waals surface area (Å²) >= 11 is 0. The van der Waals surface area contributed by atoms with Gasteiger partial charge < -0.3 is 5.11 Å². The van der Waals surface area contributed by atoms with Gasteiger partial charge >= 0.3 is 0 Å². The van der Waals surface area contributed by atoms with Crippen molar-refractivity contribution in [2.24, 2.45) is 0 Å². The van der Waals surface area contributed by atoms with E-state index in [2.05, 4.69) is 0 Å². The topological polar surface area (TPSA) is 23.5 Å². The molecule has 0 aromatic heterocycles. The van der Waals surface area contributed by atoms with Gasteiger partial charge in [0.15, 0.2) is 0 Å². The molecule has 1 rings (SSSR count). The van der Waals surface area contributed by atoms with Gasteiger partial charge in [0.1, 0.15) is 6.23 Å². The molecule has 1 fully saturated rings. The molecule has 0 aliphatic heterocycles. The third-order valence-corrected chi connectivity index (χ3v) is 2.24. The molecule has 1 N–H and O–H groups in total. The summed E-state index contributed by atoms with van der Waals surface area (Å²) in [5.74, 6) is 0. The summed E-state index contributed by atoms with van der Waals surface area (Å²) in [6.45, 7) is 1.82. The average Bonchev–Trinajstić information content (AvgIpc) is 1.60. The van der Waals surface area contributed by atoms with Crippen LogP contribution in [0.3, 0.4) is 0 Å². The highest BCUT2D eigenvalue weighted by Crippen LogP contribution is 2.24. The molecule has 2 heteroatoms. The lowest BCUT2D eigenvalue weighted by Crippen LogP contribution is -2.42. The second-order valence-electron chi connectivity index (χ2n) is 2.88. The number of nitrogens with zero attached hydrogens (tertiary/aromatic N) is 1. The van der Waals surface area contributed by atoms with Crippen molar-refractivity contribution in [1.82, 2.24) is 4.90 Å². The van der Waals surface area contributed by atoms with E-state index in [0.717, 1.165) is 0 Å². The van der Waals surface area contributed by atoms with E-state index >= 15 is 0 Å². The van der Waals surface area contributed by atoms with Crippen molar-refractivity contribution in [3.05, 3.63) is 0 Å². The molecule has 0 aromatic carbocycles. The standard InChI is InChI=1S/C7H15NO/c1-6(9)8(2)7-4-3-5-7/h6-7,9H,3-5H2,1-2H3. The summed E-state index contributed by atoms with van der Waals surface area (Å²) in [6.07, 6.45) is 3.60. The molecule has 0 bridgehead atoms. The molecule has 1 atom stereocenters. The van der Waals surface area contributed by atoms with E-state index in [1.807, 2.05) is 18.9 Å². The Labute approximate surface area is 56.5 Å². The van der Waals surface area contributed by atoms with Crippen LogP contribution in [0.5, 0.6) is 0 Å². The third-order valence-electron chi connectivity index (χ3n) is 2.24. The summed E-state index contributed by atoms with van der Waals surface area (Å²) in [7, 11) is 1.98. The van der Waals surface area contributed by atoms with Gasteiger partial charge in [0, 0.05) is 6.04 Å². The molecule has 2 nitrogen and oxygen atoms in total. The Kier molecular flexibility index (Phi) is 2.09. The highest BCUT2D eigenvalue weighted by atomic mass is 16.3. The van der Waals surface area contributed by atoms with Crippen LogP contribution in [0.15, 0.2) is 0 Å². The Morgan fingerprint density at radius 3 is 2.22 bits per heavy atom. The van der Waals surface area contributed by atoms with Crippen LogP contribution in [0.2, 0.25) is 0 Å². The quantitative estimate of drug-likeness (QED) is 0.558. The molecule has 0 radical (unpaired) electrons. The van der Waals surface area contributed by atoms with Gasteiger partial charge in [0.05, 0.1) is 0 Å². The van der Waals surface area contributed by atoms with Crippen molar-refractivity contribution < 1.29 is 5.11 Å². The fourth-order valence-electron chi connectivity index (χ4n) is 1.10. The van der Waals surface area contributed by atoms with Crippen molar-refractivity contribution >= 4 is 0 Å². The Hall–Kier alpha value is -0.0800. The molecular weight excluding hydrogens is 114 g/mol. The molecule has 1 saturated carbocycles. The lowest BCUT2D eigenvalue weighted by atomic mass is 9.92. The smallest absolute Gasteiger partial charge is 0.104 e. The van der Waals surface area contributed by atoms with Gasteiger partial charge in [0.25, 0.3) is 0 Å². The molecular formula is C7H15NO. The van der Waals surface area contributed by atoms with Gasteiger partial charge in [-0.25, -0.2) is 0 Å². The molecule has 1 unspecified atom stereocenters. The molecule has 9 heavy (non-hydrogen) atoms. The van der Waals surface area contributed by atoms with E-state index < -0.39 is 0 Å². The first kappa shape index (κ1) is 7.03. The van der Waals surface area contributed by atoms with E-state index in [1.54, 1.807) is 0 Å². The summed E-state index contributed by atoms with van der Waals surface area (Å²) < 4.78 is 0. The summed E-state index contributed by atoms with van der Waals surface area (Å²) in [5.41, 5.74) is 0. The van der Waals surface area contributed by atoms with E-state index in [1.165, 1.54) is 19.3 Å². The van der Waals surface area contributed by atoms with Crippen LogP contribution in [0.4, 0.5) is 0 Å². The fraction of sp³-hybridized carbons (Fsp3) is 1.00. The maximum absolute atomic E-state index is 9.08. The van der Waals surface area contributed by atoms with Gasteiger partial charge in [-0.1, -0.05) is 6.42 Å². The van der Waals surface area contributed by atoms with Gasteiger partial charge in [-0.15, -0.1) is 0 Å². The van der Waals surface area contributed by atoms with Gasteiger partial charge in [0.2, 0.25) is 0 Å². The molecule has 0 amide bonds. The molecule has 1 aliphatic carbocycles. The molecule has 0 spiro atoms. The number of rotatable bonds is 2. The van der Waals surface area contributed by atoms with Crippen LogP contribution in [-0.4, -0.2) is 29.3 Å². The van der Waals surface area contributed by atoms with Crippen molar-refractivity contribution in [2.45, 2.75) is 38.5 Å². The Morgan fingerprint density at radius 2 is 2.11 bits per heavy atom. The van der Waals surface area contributed by atoms with Crippen LogP contribution in [0.25, 0.3) is 0 Å². The lowest BCUT2D eigenvalue weighted by molar-refractivity contribution is -0.0144. The number of hydrogen-bond donors (Lipinski definition) is 1. The first-order chi connectivity index (χ1) is 4.22. The van der Waals surface area contributed by atoms with Crippen LogP contribution in [-0.2, 0) is 0 Å². The van der Waals surface area contributed by atoms with Crippen molar-refractivity contribution in [3.8, 4) is 0 Å². The molecule has 1 aliphatic rings. The lowest BCUT2D eigenvalue weighted by Gasteiger charge is -2.36. The number of aliphatic hydroxyl groups is 1. The minimum absolute atomic E-state index is 0.268. The van der Waals surface area contributed by atoms with Gasteiger partial charge in [-0.3, -0.25) is 4.90 Å². The molecule has 0 heterocycles. The zero-order valence-electron chi connectivity index (χ0n) is 6.17. The fourth-order valence-corrected chi connectivity index (χ4v) is 1.10. The second-order valence-corrected chi connectivity index (χ2v) is 2.88. The maximum Gasteiger partial charge on any atom is 0.104 e. The predicted molar refractivity (Wildman–Crippen MR) is 37.1 cm³/mol. The largest absolute Gasteiger partial charge is 0.379 e. The minimum Gasteiger partial charge on any atom is -0.379 e. The third kappa shape index (κ3) is 1.43. The minimum atomic E-state index is -0.268. The Bertz CT molecular complexity index is 88.9. The highest BCUT2D eigenvalue weighted by Gasteiger charge is 2.23. The number of aliphatic hydroxyl groups excluding tert-OH is 1. The monoisotopic (exact) mass is 129 g/mol. The zero-order chi connectivity index (χ0) is 6.85. The first-order valence-electron chi connectivity index (χ1n) is 3.62. The molecule has 0 aromatic rings. The Balaban J connectivity index is 2.23. The predicted octanol–water partition coefficient (Wildman–Crippen LogP) is 0.809. The molecule has 54 valence electrons. The van der Waals surface area contributed by atoms with Crippen molar-refractivity contribution in [1.29, 1.82) is 0 Å². The Morgan fingerprint density at radius 1 is 1.56 bits per heavy atom. The highest BCUT2D eigenvalue weighted by molar-refractivity contribution is 4.77. The first-order valence-corrected chi connectivity index (χ1v) is 3.62. The van der Waals surface area contributed by atoms with E-state index in [-0.39, 0.29) is 6.23 Å². The van der Waals surface area contributed by atoms with Crippen LogP contribution < -0.4 is 0 Å². The van der Waals surface area contributed by atoms with Crippen molar-refractivity contribution in [3.63, 3.8) is 0 Å².